The predicted molar refractivity (Wildman–Crippen MR) is 65.1 cm³/mol. The molecule has 21 heavy (non-hydrogen) atoms. The van der Waals surface area contributed by atoms with Gasteiger partial charge >= 0.3 is 6.18 Å². The number of halogens is 4. The van der Waals surface area contributed by atoms with E-state index in [2.05, 4.69) is 25.3 Å². The van der Waals surface area contributed by atoms with Gasteiger partial charge in [-0.25, -0.2) is 0 Å². The Bertz CT molecular complexity index is 765. The van der Waals surface area contributed by atoms with Gasteiger partial charge in [0.05, 0.1) is 16.8 Å². The summed E-state index contributed by atoms with van der Waals surface area (Å²) in [5, 5.41) is 10.2. The number of rotatable bonds is 2. The van der Waals surface area contributed by atoms with Crippen molar-refractivity contribution in [3.05, 3.63) is 35.1 Å². The average molecular weight is 316 g/mol. The summed E-state index contributed by atoms with van der Waals surface area (Å²) in [7, 11) is 0. The maximum absolute atomic E-state index is 12.4. The molecule has 1 N–H and O–H groups in total. The highest BCUT2D eigenvalue weighted by Crippen LogP contribution is 2.30. The molecule has 0 amide bonds. The van der Waals surface area contributed by atoms with Crippen molar-refractivity contribution in [3.8, 4) is 23.1 Å². The zero-order valence-corrected chi connectivity index (χ0v) is 10.8. The fourth-order valence-corrected chi connectivity index (χ4v) is 1.72. The molecule has 0 spiro atoms. The van der Waals surface area contributed by atoms with E-state index in [4.69, 9.17) is 16.1 Å². The molecule has 10 heteroatoms. The van der Waals surface area contributed by atoms with E-state index < -0.39 is 11.7 Å². The monoisotopic (exact) mass is 315 g/mol. The summed E-state index contributed by atoms with van der Waals surface area (Å²) in [6, 6.07) is 2.05. The highest BCUT2D eigenvalue weighted by Gasteiger charge is 2.30. The van der Waals surface area contributed by atoms with Crippen molar-refractivity contribution in [2.45, 2.75) is 6.18 Å². The molecule has 6 nitrogen and oxygen atoms in total. The lowest BCUT2D eigenvalue weighted by Gasteiger charge is -2.05. The van der Waals surface area contributed by atoms with Crippen LogP contribution in [-0.4, -0.2) is 25.3 Å². The molecule has 0 atom stereocenters. The van der Waals surface area contributed by atoms with Crippen LogP contribution in [0.4, 0.5) is 13.2 Å². The van der Waals surface area contributed by atoms with Crippen LogP contribution >= 0.6 is 11.6 Å². The van der Waals surface area contributed by atoms with Gasteiger partial charge in [-0.2, -0.15) is 23.3 Å². The van der Waals surface area contributed by atoms with E-state index in [1.807, 2.05) is 0 Å². The fraction of sp³-hybridized carbons (Fsp3) is 0.0909. The van der Waals surface area contributed by atoms with Crippen LogP contribution in [0, 0.1) is 0 Å². The summed E-state index contributed by atoms with van der Waals surface area (Å²) in [6.07, 6.45) is -2.39. The topological polar surface area (TPSA) is 80.5 Å². The minimum absolute atomic E-state index is 0.0457. The van der Waals surface area contributed by atoms with Crippen molar-refractivity contribution in [1.82, 2.24) is 25.3 Å². The summed E-state index contributed by atoms with van der Waals surface area (Å²) in [5.74, 6) is 0.110. The maximum atomic E-state index is 12.4. The summed E-state index contributed by atoms with van der Waals surface area (Å²) in [5.41, 5.74) is -0.387. The van der Waals surface area contributed by atoms with E-state index >= 15 is 0 Å². The van der Waals surface area contributed by atoms with E-state index in [0.29, 0.717) is 11.9 Å². The standard InChI is InChI=1S/C11H5ClF3N5O/c12-6-4-17-19-8(6)10-18-9(20-21-10)7-2-1-5(3-16-7)11(13,14)15/h1-4H,(H,17,19). The smallest absolute Gasteiger partial charge is 0.332 e. The van der Waals surface area contributed by atoms with E-state index in [0.717, 1.165) is 12.1 Å². The van der Waals surface area contributed by atoms with Crippen LogP contribution in [0.5, 0.6) is 0 Å². The lowest BCUT2D eigenvalue weighted by Crippen LogP contribution is -2.05. The Balaban J connectivity index is 1.92. The molecular weight excluding hydrogens is 311 g/mol. The Morgan fingerprint density at radius 3 is 2.57 bits per heavy atom. The first-order valence-corrected chi connectivity index (χ1v) is 5.89. The zero-order chi connectivity index (χ0) is 15.0. The van der Waals surface area contributed by atoms with Gasteiger partial charge in [0.1, 0.15) is 11.4 Å². The quantitative estimate of drug-likeness (QED) is 0.785. The first kappa shape index (κ1) is 13.6. The number of aromatic nitrogens is 5. The Labute approximate surface area is 120 Å². The largest absolute Gasteiger partial charge is 0.417 e. The molecule has 0 radical (unpaired) electrons. The average Bonchev–Trinajstić information content (AvgIpc) is 3.06. The second-order valence-electron chi connectivity index (χ2n) is 3.95. The molecule has 108 valence electrons. The number of H-pyrrole nitrogens is 1. The van der Waals surface area contributed by atoms with Crippen molar-refractivity contribution in [3.63, 3.8) is 0 Å². The molecule has 0 aliphatic rings. The normalized spacial score (nSPS) is 11.8. The number of alkyl halides is 3. The van der Waals surface area contributed by atoms with E-state index in [1.165, 1.54) is 6.20 Å². The number of pyridine rings is 1. The lowest BCUT2D eigenvalue weighted by molar-refractivity contribution is -0.137. The summed E-state index contributed by atoms with van der Waals surface area (Å²) in [4.78, 5) is 7.67. The number of aromatic amines is 1. The molecule has 0 fully saturated rings. The minimum Gasteiger partial charge on any atom is -0.332 e. The minimum atomic E-state index is -4.45. The first-order chi connectivity index (χ1) is 9.95. The molecule has 0 aromatic carbocycles. The van der Waals surface area contributed by atoms with Crippen molar-refractivity contribution >= 4 is 11.6 Å². The lowest BCUT2D eigenvalue weighted by atomic mass is 10.2. The number of hydrogen-bond donors (Lipinski definition) is 1. The van der Waals surface area contributed by atoms with Crippen LogP contribution in [0.2, 0.25) is 5.02 Å². The van der Waals surface area contributed by atoms with Gasteiger partial charge in [-0.1, -0.05) is 16.8 Å². The van der Waals surface area contributed by atoms with Crippen molar-refractivity contribution in [1.29, 1.82) is 0 Å². The second-order valence-corrected chi connectivity index (χ2v) is 4.35. The Hall–Kier alpha value is -2.42. The van der Waals surface area contributed by atoms with Gasteiger partial charge in [0.25, 0.3) is 5.89 Å². The molecule has 0 unspecified atom stereocenters. The number of nitrogens with one attached hydrogen (secondary N) is 1. The fourth-order valence-electron chi connectivity index (χ4n) is 1.54. The number of nitrogens with zero attached hydrogens (tertiary/aromatic N) is 4. The SMILES string of the molecule is FC(F)(F)c1ccc(-c2noc(-c3[nH]ncc3Cl)n2)nc1. The molecule has 3 heterocycles. The van der Waals surface area contributed by atoms with Gasteiger partial charge in [0.2, 0.25) is 5.82 Å². The van der Waals surface area contributed by atoms with Gasteiger partial charge < -0.3 is 4.52 Å². The molecule has 3 aromatic rings. The van der Waals surface area contributed by atoms with Gasteiger partial charge in [0.15, 0.2) is 0 Å². The molecule has 0 aliphatic carbocycles. The van der Waals surface area contributed by atoms with Crippen LogP contribution in [0.1, 0.15) is 5.56 Å². The maximum Gasteiger partial charge on any atom is 0.417 e. The molecule has 3 aromatic heterocycles. The van der Waals surface area contributed by atoms with Crippen molar-refractivity contribution in [2.24, 2.45) is 0 Å². The first-order valence-electron chi connectivity index (χ1n) is 5.52. The van der Waals surface area contributed by atoms with E-state index in [1.54, 1.807) is 0 Å². The molecule has 0 aliphatic heterocycles. The van der Waals surface area contributed by atoms with Crippen LogP contribution < -0.4 is 0 Å². The second kappa shape index (κ2) is 4.85. The third kappa shape index (κ3) is 2.59. The number of hydrogen-bond acceptors (Lipinski definition) is 5. The van der Waals surface area contributed by atoms with Gasteiger partial charge in [0, 0.05) is 6.20 Å². The van der Waals surface area contributed by atoms with Crippen LogP contribution in [0.15, 0.2) is 29.0 Å². The molecule has 0 bridgehead atoms. The van der Waals surface area contributed by atoms with Gasteiger partial charge in [-0.15, -0.1) is 0 Å². The summed E-state index contributed by atoms with van der Waals surface area (Å²) in [6.45, 7) is 0. The molecule has 0 saturated heterocycles. The molecule has 0 saturated carbocycles. The van der Waals surface area contributed by atoms with E-state index in [9.17, 15) is 13.2 Å². The highest BCUT2D eigenvalue weighted by atomic mass is 35.5. The van der Waals surface area contributed by atoms with Crippen LogP contribution in [0.25, 0.3) is 23.1 Å². The van der Waals surface area contributed by atoms with Gasteiger partial charge in [-0.3, -0.25) is 10.1 Å². The summed E-state index contributed by atoms with van der Waals surface area (Å²) < 4.78 is 42.3. The molecule has 3 rings (SSSR count). The Morgan fingerprint density at radius 1 is 1.19 bits per heavy atom. The Morgan fingerprint density at radius 2 is 2.00 bits per heavy atom. The third-order valence-corrected chi connectivity index (χ3v) is 2.84. The third-order valence-electron chi connectivity index (χ3n) is 2.55. The van der Waals surface area contributed by atoms with Crippen LogP contribution in [-0.2, 0) is 6.18 Å². The van der Waals surface area contributed by atoms with Crippen molar-refractivity contribution in [2.75, 3.05) is 0 Å². The summed E-state index contributed by atoms with van der Waals surface area (Å²) >= 11 is 5.84. The zero-order valence-electron chi connectivity index (χ0n) is 10.0. The van der Waals surface area contributed by atoms with Crippen molar-refractivity contribution < 1.29 is 17.7 Å². The Kier molecular flexibility index (Phi) is 3.13. The predicted octanol–water partition coefficient (Wildman–Crippen LogP) is 3.19. The molecular formula is C11H5ClF3N5O. The van der Waals surface area contributed by atoms with E-state index in [-0.39, 0.29) is 22.4 Å². The van der Waals surface area contributed by atoms with Gasteiger partial charge in [-0.05, 0) is 12.1 Å². The highest BCUT2D eigenvalue weighted by molar-refractivity contribution is 6.32. The van der Waals surface area contributed by atoms with Crippen LogP contribution in [0.3, 0.4) is 0 Å².